The van der Waals surface area contributed by atoms with Crippen molar-refractivity contribution >= 4 is 11.8 Å². The van der Waals surface area contributed by atoms with Gasteiger partial charge in [0, 0.05) is 32.0 Å². The minimum Gasteiger partial charge on any atom is -0.348 e. The lowest BCUT2D eigenvalue weighted by Crippen LogP contribution is -2.45. The molecule has 1 aliphatic heterocycles. The van der Waals surface area contributed by atoms with E-state index in [4.69, 9.17) is 0 Å². The van der Waals surface area contributed by atoms with Gasteiger partial charge in [0.25, 0.3) is 0 Å². The van der Waals surface area contributed by atoms with Crippen molar-refractivity contribution < 1.29 is 9.59 Å². The predicted octanol–water partition coefficient (Wildman–Crippen LogP) is 1.04. The molecule has 0 aliphatic carbocycles. The zero-order valence-electron chi connectivity index (χ0n) is 11.4. The van der Waals surface area contributed by atoms with Crippen LogP contribution in [0.5, 0.6) is 0 Å². The molecule has 2 heterocycles. The molecule has 1 aromatic heterocycles. The third-order valence-corrected chi connectivity index (χ3v) is 3.59. The van der Waals surface area contributed by atoms with Gasteiger partial charge in [0.15, 0.2) is 0 Å². The number of aromatic nitrogens is 1. The lowest BCUT2D eigenvalue weighted by Gasteiger charge is -2.35. The second-order valence-corrected chi connectivity index (χ2v) is 4.79. The van der Waals surface area contributed by atoms with Crippen LogP contribution in [0, 0.1) is 0 Å². The number of hydrogen-bond acceptors (Lipinski definition) is 2. The van der Waals surface area contributed by atoms with Crippen molar-refractivity contribution in [2.24, 2.45) is 0 Å². The third kappa shape index (κ3) is 2.54. The van der Waals surface area contributed by atoms with Gasteiger partial charge in [-0.2, -0.15) is 0 Å². The molecule has 2 amide bonds. The fourth-order valence-electron chi connectivity index (χ4n) is 2.45. The highest BCUT2D eigenvalue weighted by Gasteiger charge is 2.28. The van der Waals surface area contributed by atoms with Gasteiger partial charge in [-0.15, -0.1) is 0 Å². The van der Waals surface area contributed by atoms with E-state index in [1.165, 1.54) is 11.0 Å². The first-order chi connectivity index (χ1) is 9.04. The summed E-state index contributed by atoms with van der Waals surface area (Å²) in [5.74, 6) is -0.265. The van der Waals surface area contributed by atoms with Crippen LogP contribution in [0.25, 0.3) is 0 Å². The number of likely N-dealkylation sites (N-methyl/N-ethyl adjacent to an activating group) is 1. The van der Waals surface area contributed by atoms with Crippen LogP contribution in [0.4, 0.5) is 0 Å². The molecule has 102 valence electrons. The van der Waals surface area contributed by atoms with E-state index >= 15 is 0 Å². The largest absolute Gasteiger partial charge is 0.348 e. The average Bonchev–Trinajstić information content (AvgIpc) is 2.87. The van der Waals surface area contributed by atoms with Crippen LogP contribution < -0.4 is 0 Å². The Bertz CT molecular complexity index is 507. The van der Waals surface area contributed by atoms with E-state index < -0.39 is 0 Å². The maximum absolute atomic E-state index is 12.3. The first-order valence-corrected chi connectivity index (χ1v) is 6.36. The zero-order valence-corrected chi connectivity index (χ0v) is 11.4. The quantitative estimate of drug-likeness (QED) is 0.763. The molecule has 0 N–H and O–H groups in total. The summed E-state index contributed by atoms with van der Waals surface area (Å²) in [5.41, 5.74) is 1.14. The molecule has 19 heavy (non-hydrogen) atoms. The van der Waals surface area contributed by atoms with E-state index in [1.807, 2.05) is 30.2 Å². The highest BCUT2D eigenvalue weighted by molar-refractivity contribution is 5.90. The SMILES string of the molecule is C=CC(=O)N(C)CC(=O)N1CCn2cccc2C1C. The maximum atomic E-state index is 12.3. The number of rotatable bonds is 3. The van der Waals surface area contributed by atoms with Gasteiger partial charge in [0.1, 0.15) is 0 Å². The van der Waals surface area contributed by atoms with Crippen LogP contribution in [-0.4, -0.2) is 46.3 Å². The standard InChI is InChI=1S/C14H19N3O2/c1-4-13(18)15(3)10-14(19)17-9-8-16-7-5-6-12(16)11(17)2/h4-7,11H,1,8-10H2,2-3H3. The fourth-order valence-corrected chi connectivity index (χ4v) is 2.45. The van der Waals surface area contributed by atoms with Crippen LogP contribution in [0.3, 0.4) is 0 Å². The van der Waals surface area contributed by atoms with Crippen LogP contribution in [0.15, 0.2) is 31.0 Å². The van der Waals surface area contributed by atoms with E-state index in [-0.39, 0.29) is 24.4 Å². The van der Waals surface area contributed by atoms with E-state index in [1.54, 1.807) is 7.05 Å². The van der Waals surface area contributed by atoms with Crippen molar-refractivity contribution in [1.29, 1.82) is 0 Å². The summed E-state index contributed by atoms with van der Waals surface area (Å²) in [5, 5.41) is 0. The molecule has 0 saturated heterocycles. The zero-order chi connectivity index (χ0) is 14.0. The Morgan fingerprint density at radius 3 is 2.95 bits per heavy atom. The minimum absolute atomic E-state index is 0.0300. The molecular formula is C14H19N3O2. The van der Waals surface area contributed by atoms with Crippen LogP contribution in [0.2, 0.25) is 0 Å². The van der Waals surface area contributed by atoms with Gasteiger partial charge in [-0.1, -0.05) is 6.58 Å². The van der Waals surface area contributed by atoms with Crippen molar-refractivity contribution in [2.75, 3.05) is 20.1 Å². The molecule has 0 spiro atoms. The molecule has 1 aromatic rings. The first kappa shape index (κ1) is 13.4. The van der Waals surface area contributed by atoms with Crippen LogP contribution in [0.1, 0.15) is 18.7 Å². The lowest BCUT2D eigenvalue weighted by atomic mass is 10.1. The fraction of sp³-hybridized carbons (Fsp3) is 0.429. The Morgan fingerprint density at radius 2 is 2.26 bits per heavy atom. The number of hydrogen-bond donors (Lipinski definition) is 0. The Balaban J connectivity index is 2.05. The number of amides is 2. The van der Waals surface area contributed by atoms with E-state index in [9.17, 15) is 9.59 Å². The van der Waals surface area contributed by atoms with Gasteiger partial charge in [0.05, 0.1) is 12.6 Å². The average molecular weight is 261 g/mol. The summed E-state index contributed by atoms with van der Waals surface area (Å²) in [4.78, 5) is 26.9. The summed E-state index contributed by atoms with van der Waals surface area (Å²) in [6.07, 6.45) is 3.25. The molecule has 0 radical (unpaired) electrons. The molecule has 1 unspecified atom stereocenters. The van der Waals surface area contributed by atoms with Gasteiger partial charge < -0.3 is 14.4 Å². The number of carbonyl (C=O) groups excluding carboxylic acids is 2. The van der Waals surface area contributed by atoms with Crippen LogP contribution in [-0.2, 0) is 16.1 Å². The van der Waals surface area contributed by atoms with Crippen molar-refractivity contribution in [2.45, 2.75) is 19.5 Å². The summed E-state index contributed by atoms with van der Waals surface area (Å²) in [7, 11) is 1.61. The second-order valence-electron chi connectivity index (χ2n) is 4.79. The van der Waals surface area contributed by atoms with Gasteiger partial charge in [-0.05, 0) is 25.1 Å². The number of carbonyl (C=O) groups is 2. The van der Waals surface area contributed by atoms with Gasteiger partial charge >= 0.3 is 0 Å². The molecular weight excluding hydrogens is 242 g/mol. The van der Waals surface area contributed by atoms with E-state index in [0.717, 1.165) is 12.2 Å². The lowest BCUT2D eigenvalue weighted by molar-refractivity contribution is -0.139. The molecule has 2 rings (SSSR count). The molecule has 5 heteroatoms. The first-order valence-electron chi connectivity index (χ1n) is 6.36. The molecule has 0 aromatic carbocycles. The monoisotopic (exact) mass is 261 g/mol. The van der Waals surface area contributed by atoms with Crippen LogP contribution >= 0.6 is 0 Å². The highest BCUT2D eigenvalue weighted by atomic mass is 16.2. The van der Waals surface area contributed by atoms with Crippen molar-refractivity contribution in [3.8, 4) is 0 Å². The summed E-state index contributed by atoms with van der Waals surface area (Å²) >= 11 is 0. The molecule has 1 aliphatic rings. The number of nitrogens with zero attached hydrogens (tertiary/aromatic N) is 3. The smallest absolute Gasteiger partial charge is 0.246 e. The van der Waals surface area contributed by atoms with Gasteiger partial charge in [-0.25, -0.2) is 0 Å². The Morgan fingerprint density at radius 1 is 1.53 bits per heavy atom. The van der Waals surface area contributed by atoms with Crippen molar-refractivity contribution in [3.63, 3.8) is 0 Å². The third-order valence-electron chi connectivity index (χ3n) is 3.59. The number of fused-ring (bicyclic) bond motifs is 1. The van der Waals surface area contributed by atoms with E-state index in [2.05, 4.69) is 11.1 Å². The normalized spacial score (nSPS) is 17.8. The second kappa shape index (κ2) is 5.30. The van der Waals surface area contributed by atoms with Gasteiger partial charge in [-0.3, -0.25) is 9.59 Å². The summed E-state index contributed by atoms with van der Waals surface area (Å²) in [6.45, 7) is 7.01. The Kier molecular flexibility index (Phi) is 3.74. The molecule has 1 atom stereocenters. The Labute approximate surface area is 113 Å². The molecule has 5 nitrogen and oxygen atoms in total. The molecule has 0 fully saturated rings. The molecule has 0 bridgehead atoms. The van der Waals surface area contributed by atoms with Crippen molar-refractivity contribution in [3.05, 3.63) is 36.7 Å². The topological polar surface area (TPSA) is 45.6 Å². The summed E-state index contributed by atoms with van der Waals surface area (Å²) < 4.78 is 2.16. The maximum Gasteiger partial charge on any atom is 0.246 e. The van der Waals surface area contributed by atoms with Gasteiger partial charge in [0.2, 0.25) is 11.8 Å². The summed E-state index contributed by atoms with van der Waals surface area (Å²) in [6, 6.07) is 4.07. The van der Waals surface area contributed by atoms with Crippen molar-refractivity contribution in [1.82, 2.24) is 14.4 Å². The Hall–Kier alpha value is -2.04. The molecule has 0 saturated carbocycles. The highest BCUT2D eigenvalue weighted by Crippen LogP contribution is 2.25. The van der Waals surface area contributed by atoms with E-state index in [0.29, 0.717) is 6.54 Å². The predicted molar refractivity (Wildman–Crippen MR) is 72.4 cm³/mol. The minimum atomic E-state index is -0.235.